The highest BCUT2D eigenvalue weighted by Crippen LogP contribution is 2.25. The third kappa shape index (κ3) is 3.69. The molecule has 1 aliphatic rings. The Morgan fingerprint density at radius 1 is 1.16 bits per heavy atom. The van der Waals surface area contributed by atoms with Crippen molar-refractivity contribution in [1.82, 2.24) is 9.62 Å². The zero-order chi connectivity index (χ0) is 14.9. The van der Waals surface area contributed by atoms with E-state index in [1.54, 1.807) is 0 Å². The molecular formula is C13H26N2O3S. The summed E-state index contributed by atoms with van der Waals surface area (Å²) in [7, 11) is -3.55. The maximum atomic E-state index is 12.3. The first-order valence-electron chi connectivity index (χ1n) is 6.76. The molecule has 6 heteroatoms. The number of hydrogen-bond acceptors (Lipinski definition) is 3. The number of rotatable bonds is 5. The Morgan fingerprint density at radius 2 is 1.68 bits per heavy atom. The third-order valence-corrected chi connectivity index (χ3v) is 6.03. The molecule has 1 rings (SSSR count). The molecule has 1 amide bonds. The lowest BCUT2D eigenvalue weighted by atomic mass is 9.92. The van der Waals surface area contributed by atoms with Crippen molar-refractivity contribution in [3.05, 3.63) is 0 Å². The number of nitrogens with one attached hydrogen (secondary N) is 1. The van der Waals surface area contributed by atoms with Crippen LogP contribution in [0.5, 0.6) is 0 Å². The lowest BCUT2D eigenvalue weighted by Gasteiger charge is -2.36. The van der Waals surface area contributed by atoms with Crippen molar-refractivity contribution < 1.29 is 13.2 Å². The summed E-state index contributed by atoms with van der Waals surface area (Å²) in [5, 5.41) is 2.74. The molecule has 5 nitrogen and oxygen atoms in total. The van der Waals surface area contributed by atoms with E-state index in [9.17, 15) is 13.2 Å². The molecule has 0 aromatic heterocycles. The minimum atomic E-state index is -3.55. The van der Waals surface area contributed by atoms with Gasteiger partial charge >= 0.3 is 0 Å². The first-order valence-corrected chi connectivity index (χ1v) is 8.20. The fourth-order valence-corrected chi connectivity index (χ4v) is 3.42. The Morgan fingerprint density at radius 3 is 2.05 bits per heavy atom. The minimum Gasteiger partial charge on any atom is -0.355 e. The number of hydrogen-bond donors (Lipinski definition) is 1. The molecule has 1 saturated heterocycles. The first-order chi connectivity index (χ1) is 8.48. The number of amides is 1. The normalized spacial score (nSPS) is 17.9. The van der Waals surface area contributed by atoms with Crippen LogP contribution in [0.1, 0.15) is 47.5 Å². The highest BCUT2D eigenvalue weighted by Gasteiger charge is 2.46. The topological polar surface area (TPSA) is 66.5 Å². The van der Waals surface area contributed by atoms with Crippen LogP contribution in [0.2, 0.25) is 0 Å². The van der Waals surface area contributed by atoms with E-state index in [4.69, 9.17) is 0 Å². The van der Waals surface area contributed by atoms with Gasteiger partial charge in [0.15, 0.2) is 4.75 Å². The Hall–Kier alpha value is -0.620. The molecular weight excluding hydrogens is 264 g/mol. The van der Waals surface area contributed by atoms with Crippen molar-refractivity contribution in [3.8, 4) is 0 Å². The summed E-state index contributed by atoms with van der Waals surface area (Å²) < 4.78 is 24.6. The number of carbonyl (C=O) groups excluding carboxylic acids is 1. The predicted octanol–water partition coefficient (Wildman–Crippen LogP) is 1.35. The van der Waals surface area contributed by atoms with Gasteiger partial charge in [-0.25, -0.2) is 12.7 Å². The summed E-state index contributed by atoms with van der Waals surface area (Å²) in [4.78, 5) is 12.1. The zero-order valence-electron chi connectivity index (χ0n) is 12.6. The lowest BCUT2D eigenvalue weighted by Crippen LogP contribution is -2.57. The summed E-state index contributed by atoms with van der Waals surface area (Å²) in [6, 6.07) is 0. The summed E-state index contributed by atoms with van der Waals surface area (Å²) >= 11 is 0. The van der Waals surface area contributed by atoms with Crippen molar-refractivity contribution in [2.75, 3.05) is 19.6 Å². The molecule has 0 spiro atoms. The smallest absolute Gasteiger partial charge is 0.242 e. The summed E-state index contributed by atoms with van der Waals surface area (Å²) in [6.07, 6.45) is 1.69. The van der Waals surface area contributed by atoms with E-state index in [2.05, 4.69) is 26.1 Å². The standard InChI is InChI=1S/C13H26N2O3S/c1-12(2,3)7-8-14-11(16)13(4,5)19(17,18)15-9-6-10-15/h6-10H2,1-5H3,(H,14,16). The zero-order valence-corrected chi connectivity index (χ0v) is 13.4. The maximum absolute atomic E-state index is 12.3. The van der Waals surface area contributed by atoms with E-state index >= 15 is 0 Å². The van der Waals surface area contributed by atoms with Crippen molar-refractivity contribution in [1.29, 1.82) is 0 Å². The molecule has 112 valence electrons. The molecule has 0 aliphatic carbocycles. The van der Waals surface area contributed by atoms with Crippen molar-refractivity contribution in [3.63, 3.8) is 0 Å². The van der Waals surface area contributed by atoms with Crippen LogP contribution in [0.15, 0.2) is 0 Å². The largest absolute Gasteiger partial charge is 0.355 e. The number of nitrogens with zero attached hydrogens (tertiary/aromatic N) is 1. The van der Waals surface area contributed by atoms with Crippen LogP contribution in [-0.4, -0.2) is 43.0 Å². The molecule has 0 unspecified atom stereocenters. The predicted molar refractivity (Wildman–Crippen MR) is 76.3 cm³/mol. The van der Waals surface area contributed by atoms with Gasteiger partial charge in [-0.3, -0.25) is 4.79 Å². The van der Waals surface area contributed by atoms with Crippen LogP contribution in [0.3, 0.4) is 0 Å². The highest BCUT2D eigenvalue weighted by atomic mass is 32.2. The molecule has 1 N–H and O–H groups in total. The van der Waals surface area contributed by atoms with Gasteiger partial charge in [0, 0.05) is 19.6 Å². The molecule has 1 aliphatic heterocycles. The minimum absolute atomic E-state index is 0.119. The van der Waals surface area contributed by atoms with E-state index in [-0.39, 0.29) is 5.41 Å². The fourth-order valence-electron chi connectivity index (χ4n) is 1.73. The van der Waals surface area contributed by atoms with Gasteiger partial charge < -0.3 is 5.32 Å². The van der Waals surface area contributed by atoms with Crippen LogP contribution in [0.25, 0.3) is 0 Å². The Balaban J connectivity index is 2.63. The maximum Gasteiger partial charge on any atom is 0.242 e. The molecule has 0 radical (unpaired) electrons. The van der Waals surface area contributed by atoms with Crippen LogP contribution in [0, 0.1) is 5.41 Å². The van der Waals surface area contributed by atoms with E-state index in [1.165, 1.54) is 18.2 Å². The third-order valence-electron chi connectivity index (χ3n) is 3.51. The van der Waals surface area contributed by atoms with Crippen LogP contribution < -0.4 is 5.32 Å². The van der Waals surface area contributed by atoms with E-state index < -0.39 is 20.7 Å². The number of carbonyl (C=O) groups is 1. The average Bonchev–Trinajstić information content (AvgIpc) is 2.11. The van der Waals surface area contributed by atoms with Gasteiger partial charge in [0.2, 0.25) is 15.9 Å². The molecule has 1 fully saturated rings. The molecule has 0 aromatic carbocycles. The molecule has 0 atom stereocenters. The molecule has 19 heavy (non-hydrogen) atoms. The molecule has 0 bridgehead atoms. The van der Waals surface area contributed by atoms with Gasteiger partial charge in [0.05, 0.1) is 0 Å². The van der Waals surface area contributed by atoms with E-state index in [1.807, 2.05) is 0 Å². The summed E-state index contributed by atoms with van der Waals surface area (Å²) in [5.41, 5.74) is 0.119. The van der Waals surface area contributed by atoms with Crippen molar-refractivity contribution in [2.45, 2.75) is 52.2 Å². The second kappa shape index (κ2) is 5.40. The highest BCUT2D eigenvalue weighted by molar-refractivity contribution is 7.91. The Labute approximate surface area is 116 Å². The van der Waals surface area contributed by atoms with Gasteiger partial charge in [-0.05, 0) is 32.1 Å². The lowest BCUT2D eigenvalue weighted by molar-refractivity contribution is -0.123. The van der Waals surface area contributed by atoms with E-state index in [0.717, 1.165) is 12.8 Å². The Bertz CT molecular complexity index is 431. The van der Waals surface area contributed by atoms with Gasteiger partial charge in [-0.2, -0.15) is 0 Å². The second-order valence-electron chi connectivity index (χ2n) is 6.83. The quantitative estimate of drug-likeness (QED) is 0.831. The van der Waals surface area contributed by atoms with Gasteiger partial charge in [0.25, 0.3) is 0 Å². The first kappa shape index (κ1) is 16.4. The molecule has 1 heterocycles. The van der Waals surface area contributed by atoms with Gasteiger partial charge in [-0.15, -0.1) is 0 Å². The fraction of sp³-hybridized carbons (Fsp3) is 0.923. The average molecular weight is 290 g/mol. The monoisotopic (exact) mass is 290 g/mol. The second-order valence-corrected chi connectivity index (χ2v) is 9.32. The van der Waals surface area contributed by atoms with E-state index in [0.29, 0.717) is 19.6 Å². The SMILES string of the molecule is CC(C)(C)CCNC(=O)C(C)(C)S(=O)(=O)N1CCC1. The molecule has 0 aromatic rings. The Kier molecular flexibility index (Phi) is 4.67. The molecule has 0 saturated carbocycles. The van der Waals surface area contributed by atoms with Crippen LogP contribution >= 0.6 is 0 Å². The summed E-state index contributed by atoms with van der Waals surface area (Å²) in [6.45, 7) is 10.8. The van der Waals surface area contributed by atoms with Gasteiger partial charge in [0.1, 0.15) is 0 Å². The van der Waals surface area contributed by atoms with Crippen molar-refractivity contribution in [2.24, 2.45) is 5.41 Å². The van der Waals surface area contributed by atoms with Gasteiger partial charge in [-0.1, -0.05) is 20.8 Å². The van der Waals surface area contributed by atoms with Crippen molar-refractivity contribution >= 4 is 15.9 Å². The summed E-state index contributed by atoms with van der Waals surface area (Å²) in [5.74, 6) is -0.413. The van der Waals surface area contributed by atoms with Crippen LogP contribution in [0.4, 0.5) is 0 Å². The number of sulfonamides is 1. The van der Waals surface area contributed by atoms with Crippen LogP contribution in [-0.2, 0) is 14.8 Å².